The molecule has 15 heavy (non-hydrogen) atoms. The zero-order valence-corrected chi connectivity index (χ0v) is 9.57. The topological polar surface area (TPSA) is 26.0 Å². The lowest BCUT2D eigenvalue weighted by atomic mass is 9.96. The third kappa shape index (κ3) is 2.16. The number of benzene rings is 1. The minimum atomic E-state index is -0.178. The second kappa shape index (κ2) is 3.76. The van der Waals surface area contributed by atoms with Gasteiger partial charge in [-0.15, -0.1) is 0 Å². The van der Waals surface area contributed by atoms with Crippen LogP contribution in [0.1, 0.15) is 24.0 Å². The van der Waals surface area contributed by atoms with Crippen molar-refractivity contribution in [2.24, 2.45) is 11.1 Å². The maximum atomic E-state index is 13.4. The molecule has 0 aromatic heterocycles. The maximum absolute atomic E-state index is 13.4. The fourth-order valence-electron chi connectivity index (χ4n) is 1.86. The molecule has 2 N–H and O–H groups in total. The van der Waals surface area contributed by atoms with Crippen molar-refractivity contribution in [2.75, 3.05) is 6.54 Å². The fraction of sp³-hybridized carbons (Fsp3) is 0.500. The SMILES string of the molecule is Cc1cc(Cl)c(CC2(CN)CC2)cc1F. The molecule has 0 heterocycles. The van der Waals surface area contributed by atoms with E-state index in [0.29, 0.717) is 17.1 Å². The number of nitrogens with two attached hydrogens (primary N) is 1. The molecule has 1 aliphatic carbocycles. The van der Waals surface area contributed by atoms with Gasteiger partial charge in [0.15, 0.2) is 0 Å². The van der Waals surface area contributed by atoms with E-state index in [0.717, 1.165) is 24.8 Å². The molecule has 0 bridgehead atoms. The molecule has 1 nitrogen and oxygen atoms in total. The van der Waals surface area contributed by atoms with Gasteiger partial charge in [-0.1, -0.05) is 11.6 Å². The van der Waals surface area contributed by atoms with Crippen molar-refractivity contribution in [3.63, 3.8) is 0 Å². The molecule has 0 atom stereocenters. The second-order valence-corrected chi connectivity index (χ2v) is 4.98. The van der Waals surface area contributed by atoms with E-state index in [1.54, 1.807) is 19.1 Å². The van der Waals surface area contributed by atoms with E-state index in [2.05, 4.69) is 0 Å². The zero-order valence-electron chi connectivity index (χ0n) is 8.82. The fourth-order valence-corrected chi connectivity index (χ4v) is 2.14. The van der Waals surface area contributed by atoms with Crippen LogP contribution < -0.4 is 5.73 Å². The van der Waals surface area contributed by atoms with Crippen LogP contribution in [-0.4, -0.2) is 6.54 Å². The third-order valence-electron chi connectivity index (χ3n) is 3.28. The van der Waals surface area contributed by atoms with Crippen molar-refractivity contribution in [3.8, 4) is 0 Å². The Morgan fingerprint density at radius 1 is 1.47 bits per heavy atom. The molecule has 1 saturated carbocycles. The predicted octanol–water partition coefficient (Wildman–Crippen LogP) is 3.07. The molecule has 3 heteroatoms. The molecule has 82 valence electrons. The summed E-state index contributed by atoms with van der Waals surface area (Å²) in [6, 6.07) is 3.24. The van der Waals surface area contributed by atoms with Gasteiger partial charge in [-0.25, -0.2) is 4.39 Å². The van der Waals surface area contributed by atoms with Crippen LogP contribution >= 0.6 is 11.6 Å². The van der Waals surface area contributed by atoms with E-state index < -0.39 is 0 Å². The first-order valence-corrected chi connectivity index (χ1v) is 5.59. The Labute approximate surface area is 94.4 Å². The first-order valence-electron chi connectivity index (χ1n) is 5.21. The first-order chi connectivity index (χ1) is 7.06. The second-order valence-electron chi connectivity index (χ2n) is 4.57. The van der Waals surface area contributed by atoms with Crippen LogP contribution in [0.3, 0.4) is 0 Å². The van der Waals surface area contributed by atoms with Gasteiger partial charge in [-0.05, 0) is 61.4 Å². The minimum Gasteiger partial charge on any atom is -0.330 e. The maximum Gasteiger partial charge on any atom is 0.126 e. The predicted molar refractivity (Wildman–Crippen MR) is 60.6 cm³/mol. The highest BCUT2D eigenvalue weighted by Gasteiger charge is 2.41. The van der Waals surface area contributed by atoms with Crippen LogP contribution in [-0.2, 0) is 6.42 Å². The number of hydrogen-bond donors (Lipinski definition) is 1. The van der Waals surface area contributed by atoms with Gasteiger partial charge < -0.3 is 5.73 Å². The molecule has 1 aromatic carbocycles. The van der Waals surface area contributed by atoms with Crippen molar-refractivity contribution < 1.29 is 4.39 Å². The third-order valence-corrected chi connectivity index (χ3v) is 3.64. The Hall–Kier alpha value is -0.600. The highest BCUT2D eigenvalue weighted by molar-refractivity contribution is 6.31. The van der Waals surface area contributed by atoms with Gasteiger partial charge in [0.2, 0.25) is 0 Å². The summed E-state index contributed by atoms with van der Waals surface area (Å²) in [5.74, 6) is -0.178. The summed E-state index contributed by atoms with van der Waals surface area (Å²) in [6.45, 7) is 2.39. The summed E-state index contributed by atoms with van der Waals surface area (Å²) in [4.78, 5) is 0. The number of rotatable bonds is 3. The van der Waals surface area contributed by atoms with Gasteiger partial charge in [-0.3, -0.25) is 0 Å². The first kappa shape index (κ1) is 10.9. The molecule has 0 aliphatic heterocycles. The Morgan fingerprint density at radius 2 is 2.13 bits per heavy atom. The summed E-state index contributed by atoms with van der Waals surface area (Å²) in [7, 11) is 0. The average Bonchev–Trinajstić information content (AvgIpc) is 2.95. The molecule has 0 unspecified atom stereocenters. The van der Waals surface area contributed by atoms with Crippen LogP contribution in [0.4, 0.5) is 4.39 Å². The van der Waals surface area contributed by atoms with E-state index in [1.165, 1.54) is 0 Å². The van der Waals surface area contributed by atoms with Crippen molar-refractivity contribution in [1.29, 1.82) is 0 Å². The van der Waals surface area contributed by atoms with Crippen molar-refractivity contribution in [2.45, 2.75) is 26.2 Å². The summed E-state index contributed by atoms with van der Waals surface area (Å²) in [6.07, 6.45) is 3.07. The summed E-state index contributed by atoms with van der Waals surface area (Å²) >= 11 is 6.08. The van der Waals surface area contributed by atoms with Gasteiger partial charge in [0.1, 0.15) is 5.82 Å². The van der Waals surface area contributed by atoms with Crippen molar-refractivity contribution in [3.05, 3.63) is 34.1 Å². The Balaban J connectivity index is 2.25. The van der Waals surface area contributed by atoms with Crippen LogP contribution in [0.2, 0.25) is 5.02 Å². The lowest BCUT2D eigenvalue weighted by molar-refractivity contribution is 0.518. The van der Waals surface area contributed by atoms with Gasteiger partial charge in [0.25, 0.3) is 0 Å². The molecule has 2 rings (SSSR count). The molecule has 1 aliphatic rings. The highest BCUT2D eigenvalue weighted by atomic mass is 35.5. The zero-order chi connectivity index (χ0) is 11.1. The number of halogens is 2. The Bertz CT molecular complexity index is 385. The average molecular weight is 228 g/mol. The summed E-state index contributed by atoms with van der Waals surface area (Å²) < 4.78 is 13.4. The quantitative estimate of drug-likeness (QED) is 0.844. The lowest BCUT2D eigenvalue weighted by Gasteiger charge is -2.14. The normalized spacial score (nSPS) is 17.9. The lowest BCUT2D eigenvalue weighted by Crippen LogP contribution is -2.18. The van der Waals surface area contributed by atoms with Crippen LogP contribution in [0.25, 0.3) is 0 Å². The van der Waals surface area contributed by atoms with Crippen molar-refractivity contribution >= 4 is 11.6 Å². The van der Waals surface area contributed by atoms with E-state index in [4.69, 9.17) is 17.3 Å². The van der Waals surface area contributed by atoms with E-state index in [1.807, 2.05) is 0 Å². The molecule has 0 spiro atoms. The standard InChI is InChI=1S/C12H15ClFN/c1-8-4-10(13)9(5-11(8)14)6-12(7-15)2-3-12/h4-5H,2-3,6-7,15H2,1H3. The van der Waals surface area contributed by atoms with Gasteiger partial charge in [0, 0.05) is 5.02 Å². The molecule has 0 saturated heterocycles. The molecule has 1 aromatic rings. The van der Waals surface area contributed by atoms with Gasteiger partial charge >= 0.3 is 0 Å². The van der Waals surface area contributed by atoms with Crippen LogP contribution in [0, 0.1) is 18.2 Å². The monoisotopic (exact) mass is 227 g/mol. The van der Waals surface area contributed by atoms with E-state index in [-0.39, 0.29) is 11.2 Å². The Kier molecular flexibility index (Phi) is 2.73. The molecular formula is C12H15ClFN. The molecule has 1 fully saturated rings. The van der Waals surface area contributed by atoms with Crippen molar-refractivity contribution in [1.82, 2.24) is 0 Å². The summed E-state index contributed by atoms with van der Waals surface area (Å²) in [5, 5.41) is 0.661. The Morgan fingerprint density at radius 3 is 2.67 bits per heavy atom. The molecule has 0 amide bonds. The molecular weight excluding hydrogens is 213 g/mol. The van der Waals surface area contributed by atoms with E-state index in [9.17, 15) is 4.39 Å². The van der Waals surface area contributed by atoms with E-state index >= 15 is 0 Å². The molecule has 0 radical (unpaired) electrons. The van der Waals surface area contributed by atoms with Gasteiger partial charge in [-0.2, -0.15) is 0 Å². The van der Waals surface area contributed by atoms with Crippen LogP contribution in [0.5, 0.6) is 0 Å². The smallest absolute Gasteiger partial charge is 0.126 e. The number of aryl methyl sites for hydroxylation is 1. The largest absolute Gasteiger partial charge is 0.330 e. The van der Waals surface area contributed by atoms with Crippen LogP contribution in [0.15, 0.2) is 12.1 Å². The minimum absolute atomic E-state index is 0.178. The number of hydrogen-bond acceptors (Lipinski definition) is 1. The summed E-state index contributed by atoms with van der Waals surface area (Å²) in [5.41, 5.74) is 7.39. The van der Waals surface area contributed by atoms with Gasteiger partial charge in [0.05, 0.1) is 0 Å². The highest BCUT2D eigenvalue weighted by Crippen LogP contribution is 2.48.